The van der Waals surface area contributed by atoms with Crippen LogP contribution in [-0.4, -0.2) is 57.0 Å². The lowest BCUT2D eigenvalue weighted by Crippen LogP contribution is -2.51. The molecule has 150 valence electrons. The van der Waals surface area contributed by atoms with E-state index in [9.17, 15) is 13.2 Å². The summed E-state index contributed by atoms with van der Waals surface area (Å²) in [6.45, 7) is 1.96. The van der Waals surface area contributed by atoms with Crippen LogP contribution in [0.4, 0.5) is 5.69 Å². The molecule has 1 N–H and O–H groups in total. The summed E-state index contributed by atoms with van der Waals surface area (Å²) < 4.78 is 34.0. The molecule has 2 aromatic rings. The first-order valence-corrected chi connectivity index (χ1v) is 10.5. The molecule has 0 spiro atoms. The molecule has 10 heteroatoms. The summed E-state index contributed by atoms with van der Waals surface area (Å²) in [6, 6.07) is 9.84. The van der Waals surface area contributed by atoms with E-state index in [1.54, 1.807) is 36.4 Å². The van der Waals surface area contributed by atoms with Gasteiger partial charge in [0.05, 0.1) is 30.6 Å². The van der Waals surface area contributed by atoms with Crippen molar-refractivity contribution in [2.45, 2.75) is 6.54 Å². The molecule has 0 radical (unpaired) electrons. The molecule has 1 aromatic carbocycles. The number of esters is 1. The largest absolute Gasteiger partial charge is 0.465 e. The van der Waals surface area contributed by atoms with Crippen LogP contribution in [0.15, 0.2) is 42.6 Å². The zero-order valence-corrected chi connectivity index (χ0v) is 16.9. The van der Waals surface area contributed by atoms with Crippen molar-refractivity contribution in [2.75, 3.05) is 37.6 Å². The average Bonchev–Trinajstić information content (AvgIpc) is 2.72. The highest BCUT2D eigenvalue weighted by Gasteiger charge is 2.31. The number of carbonyl (C=O) groups excluding carboxylic acids is 1. The van der Waals surface area contributed by atoms with Crippen LogP contribution in [0.25, 0.3) is 0 Å². The van der Waals surface area contributed by atoms with Gasteiger partial charge in [-0.05, 0) is 30.3 Å². The van der Waals surface area contributed by atoms with Crippen LogP contribution >= 0.6 is 11.6 Å². The van der Waals surface area contributed by atoms with Crippen molar-refractivity contribution in [1.82, 2.24) is 14.6 Å². The Labute approximate surface area is 169 Å². The summed E-state index contributed by atoms with van der Waals surface area (Å²) in [5.41, 5.74) is 1.24. The third-order valence-corrected chi connectivity index (χ3v) is 6.48. The van der Waals surface area contributed by atoms with Crippen molar-refractivity contribution in [3.63, 3.8) is 0 Å². The Kier molecular flexibility index (Phi) is 6.50. The minimum absolute atomic E-state index is 0.00799. The van der Waals surface area contributed by atoms with Crippen LogP contribution < -0.4 is 9.62 Å². The van der Waals surface area contributed by atoms with Gasteiger partial charge in [0, 0.05) is 37.4 Å². The fourth-order valence-corrected chi connectivity index (χ4v) is 4.64. The highest BCUT2D eigenvalue weighted by molar-refractivity contribution is 7.90. The van der Waals surface area contributed by atoms with E-state index in [2.05, 4.69) is 15.0 Å². The van der Waals surface area contributed by atoms with Crippen molar-refractivity contribution in [3.8, 4) is 0 Å². The fraction of sp³-hybridized carbons (Fsp3) is 0.333. The van der Waals surface area contributed by atoms with Gasteiger partial charge in [0.25, 0.3) is 0 Å². The van der Waals surface area contributed by atoms with Gasteiger partial charge >= 0.3 is 16.2 Å². The molecule has 1 aromatic heterocycles. The highest BCUT2D eigenvalue weighted by Crippen LogP contribution is 2.26. The molecule has 0 atom stereocenters. The molecular weight excluding hydrogens is 404 g/mol. The van der Waals surface area contributed by atoms with Crippen LogP contribution in [0, 0.1) is 0 Å². The first kappa shape index (κ1) is 20.5. The molecule has 1 aliphatic heterocycles. The third-order valence-electron chi connectivity index (χ3n) is 4.33. The molecule has 1 fully saturated rings. The van der Waals surface area contributed by atoms with E-state index >= 15 is 0 Å². The first-order valence-electron chi connectivity index (χ1n) is 8.69. The summed E-state index contributed by atoms with van der Waals surface area (Å²) in [4.78, 5) is 15.8. The molecule has 2 heterocycles. The molecule has 0 amide bonds. The number of piperazine rings is 1. The second-order valence-corrected chi connectivity index (χ2v) is 8.46. The molecular formula is C18H21ClN4O4S. The van der Waals surface area contributed by atoms with E-state index in [-0.39, 0.29) is 6.54 Å². The standard InChI is InChI=1S/C18H21ClN4O4S/c1-27-18(24)14-5-6-16(21-12-14)13-23(17-4-2-3-15(19)11-17)28(25,26)22-9-7-20-8-10-22/h2-6,11-12,20H,7-10,13H2,1H3. The lowest BCUT2D eigenvalue weighted by atomic mass is 10.2. The van der Waals surface area contributed by atoms with Gasteiger partial charge < -0.3 is 10.1 Å². The van der Waals surface area contributed by atoms with E-state index < -0.39 is 16.2 Å². The summed E-state index contributed by atoms with van der Waals surface area (Å²) in [6.07, 6.45) is 1.37. The Morgan fingerprint density at radius 3 is 2.64 bits per heavy atom. The number of benzene rings is 1. The summed E-state index contributed by atoms with van der Waals surface area (Å²) in [7, 11) is -2.50. The number of hydrogen-bond acceptors (Lipinski definition) is 6. The fourth-order valence-electron chi connectivity index (χ4n) is 2.86. The van der Waals surface area contributed by atoms with Gasteiger partial charge in [0.15, 0.2) is 0 Å². The maximum atomic E-state index is 13.3. The number of ether oxygens (including phenoxy) is 1. The quantitative estimate of drug-likeness (QED) is 0.709. The van der Waals surface area contributed by atoms with Gasteiger partial charge in [0.2, 0.25) is 0 Å². The third kappa shape index (κ3) is 4.61. The maximum absolute atomic E-state index is 13.3. The van der Waals surface area contributed by atoms with Gasteiger partial charge in [-0.2, -0.15) is 12.7 Å². The number of hydrogen-bond donors (Lipinski definition) is 1. The van der Waals surface area contributed by atoms with Gasteiger partial charge in [-0.3, -0.25) is 9.29 Å². The zero-order chi connectivity index (χ0) is 20.1. The minimum atomic E-state index is -3.79. The van der Waals surface area contributed by atoms with Gasteiger partial charge in [0.1, 0.15) is 0 Å². The van der Waals surface area contributed by atoms with E-state index in [0.717, 1.165) is 0 Å². The number of methoxy groups -OCH3 is 1. The lowest BCUT2D eigenvalue weighted by Gasteiger charge is -2.33. The van der Waals surface area contributed by atoms with Crippen LogP contribution in [0.2, 0.25) is 5.02 Å². The first-order chi connectivity index (χ1) is 13.4. The van der Waals surface area contributed by atoms with Gasteiger partial charge in [-0.15, -0.1) is 0 Å². The van der Waals surface area contributed by atoms with Crippen LogP contribution in [0.3, 0.4) is 0 Å². The lowest BCUT2D eigenvalue weighted by molar-refractivity contribution is 0.0600. The predicted octanol–water partition coefficient (Wildman–Crippen LogP) is 1.68. The minimum Gasteiger partial charge on any atom is -0.465 e. The molecule has 1 saturated heterocycles. The Morgan fingerprint density at radius 1 is 1.29 bits per heavy atom. The Hall–Kier alpha value is -2.20. The smallest absolute Gasteiger partial charge is 0.339 e. The van der Waals surface area contributed by atoms with Crippen molar-refractivity contribution < 1.29 is 17.9 Å². The number of pyridine rings is 1. The molecule has 1 aliphatic rings. The normalized spacial score (nSPS) is 15.2. The van der Waals surface area contributed by atoms with E-state index in [0.29, 0.717) is 48.1 Å². The number of halogens is 1. The van der Waals surface area contributed by atoms with Crippen molar-refractivity contribution in [3.05, 3.63) is 58.9 Å². The molecule has 0 unspecified atom stereocenters. The maximum Gasteiger partial charge on any atom is 0.339 e. The summed E-state index contributed by atoms with van der Waals surface area (Å²) in [5.74, 6) is -0.501. The van der Waals surface area contributed by atoms with Crippen molar-refractivity contribution in [1.29, 1.82) is 0 Å². The molecule has 0 aliphatic carbocycles. The molecule has 28 heavy (non-hydrogen) atoms. The highest BCUT2D eigenvalue weighted by atomic mass is 35.5. The Morgan fingerprint density at radius 2 is 2.04 bits per heavy atom. The molecule has 0 bridgehead atoms. The van der Waals surface area contributed by atoms with Gasteiger partial charge in [-0.1, -0.05) is 17.7 Å². The number of anilines is 1. The zero-order valence-electron chi connectivity index (χ0n) is 15.3. The molecule has 8 nitrogen and oxygen atoms in total. The van der Waals surface area contributed by atoms with Crippen LogP contribution in [0.1, 0.15) is 16.1 Å². The van der Waals surface area contributed by atoms with E-state index in [4.69, 9.17) is 11.6 Å². The SMILES string of the molecule is COC(=O)c1ccc(CN(c2cccc(Cl)c2)S(=O)(=O)N2CCNCC2)nc1. The molecule has 0 saturated carbocycles. The Bertz CT molecular complexity index is 931. The number of carbonyl (C=O) groups is 1. The van der Waals surface area contributed by atoms with E-state index in [1.165, 1.54) is 21.9 Å². The predicted molar refractivity (Wildman–Crippen MR) is 107 cm³/mol. The van der Waals surface area contributed by atoms with E-state index in [1.807, 2.05) is 0 Å². The van der Waals surface area contributed by atoms with Crippen LogP contribution in [-0.2, 0) is 21.5 Å². The van der Waals surface area contributed by atoms with Crippen molar-refractivity contribution in [2.24, 2.45) is 0 Å². The monoisotopic (exact) mass is 424 g/mol. The summed E-state index contributed by atoms with van der Waals surface area (Å²) >= 11 is 6.09. The average molecular weight is 425 g/mol. The topological polar surface area (TPSA) is 91.8 Å². The number of aromatic nitrogens is 1. The molecule has 3 rings (SSSR count). The summed E-state index contributed by atoms with van der Waals surface area (Å²) in [5, 5.41) is 3.58. The number of nitrogens with zero attached hydrogens (tertiary/aromatic N) is 3. The number of nitrogens with one attached hydrogen (secondary N) is 1. The van der Waals surface area contributed by atoms with Gasteiger partial charge in [-0.25, -0.2) is 4.79 Å². The van der Waals surface area contributed by atoms with Crippen LogP contribution in [0.5, 0.6) is 0 Å². The number of rotatable bonds is 6. The van der Waals surface area contributed by atoms with Crippen molar-refractivity contribution >= 4 is 33.5 Å². The second-order valence-electron chi connectivity index (χ2n) is 6.17. The second kappa shape index (κ2) is 8.87. The Balaban J connectivity index is 1.93.